The third-order valence-electron chi connectivity index (χ3n) is 6.00. The Morgan fingerprint density at radius 3 is 2.11 bits per heavy atom. The lowest BCUT2D eigenvalue weighted by molar-refractivity contribution is -0.603. The maximum absolute atomic E-state index is 14.3. The number of nitrogens with zero attached hydrogens (tertiary/aromatic N) is 6. The van der Waals surface area contributed by atoms with E-state index >= 15 is 0 Å². The van der Waals surface area contributed by atoms with E-state index in [0.717, 1.165) is 18.2 Å². The first-order valence-corrected chi connectivity index (χ1v) is 14.9. The van der Waals surface area contributed by atoms with E-state index in [0.29, 0.717) is 0 Å². The molecule has 5 rings (SSSR count). The highest BCUT2D eigenvalue weighted by molar-refractivity contribution is 7.86. The number of amides is 1. The second-order valence-electron chi connectivity index (χ2n) is 8.90. The molecule has 0 saturated heterocycles. The van der Waals surface area contributed by atoms with Crippen LogP contribution in [0.1, 0.15) is 10.4 Å². The van der Waals surface area contributed by atoms with Gasteiger partial charge in [-0.1, -0.05) is 24.3 Å². The number of carbonyl (C=O) groups excluding carboxylic acids is 1. The molecule has 0 aliphatic carbocycles. The summed E-state index contributed by atoms with van der Waals surface area (Å²) in [5.41, 5.74) is 10.9. The number of nitrogen functional groups attached to an aromatic ring is 1. The first kappa shape index (κ1) is 30.0. The van der Waals surface area contributed by atoms with Crippen molar-refractivity contribution in [3.63, 3.8) is 0 Å². The van der Waals surface area contributed by atoms with Crippen LogP contribution in [-0.2, 0) is 20.2 Å². The maximum Gasteiger partial charge on any atom is 0.445 e. The highest BCUT2D eigenvalue weighted by atomic mass is 32.2. The van der Waals surface area contributed by atoms with Crippen molar-refractivity contribution in [2.45, 2.75) is 9.79 Å². The van der Waals surface area contributed by atoms with E-state index in [1.165, 1.54) is 53.4 Å². The fourth-order valence-electron chi connectivity index (χ4n) is 4.01. The van der Waals surface area contributed by atoms with Crippen LogP contribution in [0.2, 0.25) is 0 Å². The fraction of sp³-hybridized carbons (Fsp3) is 0. The third-order valence-corrected chi connectivity index (χ3v) is 7.80. The number of pyridine rings is 1. The van der Waals surface area contributed by atoms with E-state index in [4.69, 9.17) is 11.5 Å². The van der Waals surface area contributed by atoms with Gasteiger partial charge in [0.05, 0.1) is 18.1 Å². The summed E-state index contributed by atoms with van der Waals surface area (Å²) in [6.07, 6.45) is 1.55. The maximum atomic E-state index is 14.3. The molecule has 0 aliphatic heterocycles. The minimum atomic E-state index is -4.85. The molecule has 3 aromatic carbocycles. The van der Waals surface area contributed by atoms with E-state index < -0.39 is 47.7 Å². The molecular weight excluding hydrogens is 621 g/mol. The Balaban J connectivity index is 1.55. The highest BCUT2D eigenvalue weighted by Gasteiger charge is 2.22. The Labute approximate surface area is 247 Å². The lowest BCUT2D eigenvalue weighted by atomic mass is 10.1. The van der Waals surface area contributed by atoms with E-state index in [2.05, 4.69) is 30.5 Å². The molecule has 44 heavy (non-hydrogen) atoms. The van der Waals surface area contributed by atoms with Crippen molar-refractivity contribution < 1.29 is 39.7 Å². The van der Waals surface area contributed by atoms with Crippen LogP contribution in [-0.4, -0.2) is 46.8 Å². The Morgan fingerprint density at radius 2 is 1.48 bits per heavy atom. The average molecular weight is 641 g/mol. The van der Waals surface area contributed by atoms with Crippen LogP contribution in [0.4, 0.5) is 33.1 Å². The first-order valence-electron chi connectivity index (χ1n) is 12.0. The van der Waals surface area contributed by atoms with Crippen LogP contribution in [0.25, 0.3) is 16.7 Å². The first-order chi connectivity index (χ1) is 20.7. The molecular formula is C25H19FN9O7S2+. The smallest absolute Gasteiger partial charge is 0.396 e. The summed E-state index contributed by atoms with van der Waals surface area (Å²) in [7, 11) is -9.58. The van der Waals surface area contributed by atoms with Crippen molar-refractivity contribution in [2.75, 3.05) is 11.1 Å². The molecule has 0 atom stereocenters. The summed E-state index contributed by atoms with van der Waals surface area (Å²) in [6.45, 7) is 0. The molecule has 0 bridgehead atoms. The lowest BCUT2D eigenvalue weighted by Gasteiger charge is -2.10. The Morgan fingerprint density at radius 1 is 0.841 bits per heavy atom. The molecule has 0 fully saturated rings. The fourth-order valence-corrected chi connectivity index (χ4v) is 5.33. The van der Waals surface area contributed by atoms with Gasteiger partial charge in [0.1, 0.15) is 21.2 Å². The Kier molecular flexibility index (Phi) is 7.70. The number of fused-ring (bicyclic) bond motifs is 1. The number of hydrogen-bond donors (Lipinski definition) is 5. The van der Waals surface area contributed by atoms with Crippen LogP contribution in [0.3, 0.4) is 0 Å². The van der Waals surface area contributed by atoms with Crippen LogP contribution in [0.5, 0.6) is 0 Å². The van der Waals surface area contributed by atoms with Crippen molar-refractivity contribution in [3.8, 4) is 5.95 Å². The molecule has 0 saturated carbocycles. The van der Waals surface area contributed by atoms with Gasteiger partial charge >= 0.3 is 18.0 Å². The van der Waals surface area contributed by atoms with Crippen molar-refractivity contribution in [1.82, 2.24) is 15.0 Å². The molecule has 16 nitrogen and oxygen atoms in total. The van der Waals surface area contributed by atoms with Crippen molar-refractivity contribution in [2.24, 2.45) is 16.0 Å². The van der Waals surface area contributed by atoms with Crippen LogP contribution < -0.4 is 21.4 Å². The monoisotopic (exact) mass is 640 g/mol. The number of aromatic nitrogens is 4. The molecule has 1 amide bonds. The largest absolute Gasteiger partial charge is 0.445 e. The summed E-state index contributed by atoms with van der Waals surface area (Å²) in [5.74, 6) is -1.19. The second-order valence-corrected chi connectivity index (χ2v) is 11.7. The number of nitrogens with one attached hydrogen (secondary N) is 1. The van der Waals surface area contributed by atoms with Crippen molar-refractivity contribution in [1.29, 1.82) is 0 Å². The highest BCUT2D eigenvalue weighted by Crippen LogP contribution is 2.38. The average Bonchev–Trinajstić information content (AvgIpc) is 2.95. The summed E-state index contributed by atoms with van der Waals surface area (Å²) >= 11 is 0. The quantitative estimate of drug-likeness (QED) is 0.0710. The van der Waals surface area contributed by atoms with Gasteiger partial charge in [-0.2, -0.15) is 16.8 Å². The van der Waals surface area contributed by atoms with Gasteiger partial charge in [0.25, 0.3) is 20.2 Å². The minimum absolute atomic E-state index is 0.0333. The number of anilines is 3. The SMILES string of the molecule is NC(=O)c1cc[n+](-c2nc(F)nc(Nc3ccc(S(=O)(=O)O)c(N=Nc4cc(S(=O)(=O)O)c5ccccc5c4N)c3)n2)cc1. The van der Waals surface area contributed by atoms with Gasteiger partial charge in [-0.3, -0.25) is 13.9 Å². The zero-order valence-electron chi connectivity index (χ0n) is 21.9. The van der Waals surface area contributed by atoms with E-state index in [9.17, 15) is 35.1 Å². The number of benzene rings is 3. The Hall–Kier alpha value is -5.50. The topological polar surface area (TPSA) is 257 Å². The molecule has 0 unspecified atom stereocenters. The number of primary amides is 1. The second kappa shape index (κ2) is 11.3. The van der Waals surface area contributed by atoms with Gasteiger partial charge in [-0.25, -0.2) is 4.57 Å². The molecule has 19 heteroatoms. The van der Waals surface area contributed by atoms with E-state index in [1.54, 1.807) is 6.07 Å². The molecule has 0 aliphatic rings. The Bertz CT molecular complexity index is 2210. The summed E-state index contributed by atoms with van der Waals surface area (Å²) in [6, 6.07) is 13.0. The van der Waals surface area contributed by atoms with Gasteiger partial charge < -0.3 is 16.8 Å². The number of nitrogens with two attached hydrogens (primary N) is 2. The van der Waals surface area contributed by atoms with E-state index in [-0.39, 0.29) is 45.3 Å². The van der Waals surface area contributed by atoms with Crippen LogP contribution >= 0.6 is 0 Å². The van der Waals surface area contributed by atoms with Gasteiger partial charge in [0.2, 0.25) is 5.91 Å². The molecule has 0 radical (unpaired) electrons. The molecule has 224 valence electrons. The number of carbonyl (C=O) groups is 1. The zero-order chi connectivity index (χ0) is 31.8. The number of rotatable bonds is 8. The lowest BCUT2D eigenvalue weighted by Crippen LogP contribution is -2.33. The summed E-state index contributed by atoms with van der Waals surface area (Å²) in [5, 5.41) is 10.7. The molecule has 0 spiro atoms. The number of halogens is 1. The van der Waals surface area contributed by atoms with Crippen LogP contribution in [0.15, 0.2) is 93.1 Å². The summed E-state index contributed by atoms with van der Waals surface area (Å²) < 4.78 is 83.2. The predicted octanol–water partition coefficient (Wildman–Crippen LogP) is 2.77. The molecule has 2 aromatic heterocycles. The number of hydrogen-bond acceptors (Lipinski definition) is 12. The molecule has 5 aromatic rings. The zero-order valence-corrected chi connectivity index (χ0v) is 23.5. The van der Waals surface area contributed by atoms with Gasteiger partial charge in [0.15, 0.2) is 0 Å². The van der Waals surface area contributed by atoms with Crippen LogP contribution in [0, 0.1) is 6.08 Å². The standard InChI is InChI=1S/C25H18FN9O7S2/c26-23-30-24(32-25(31-23)35-9-7-13(8-10-35)22(28)36)29-14-5-6-19(43(37,38)39)17(11-14)33-34-18-12-20(44(40,41)42)15-3-1-2-4-16(15)21(18)27/h1-12H,(H6-,27,28,29,30,31,32,33,36,37,38,39,40,41,42)/p+1. The normalized spacial score (nSPS) is 12.1. The minimum Gasteiger partial charge on any atom is -0.396 e. The number of azo groups is 1. The predicted molar refractivity (Wildman–Crippen MR) is 152 cm³/mol. The van der Waals surface area contributed by atoms with Gasteiger partial charge in [0, 0.05) is 22.0 Å². The van der Waals surface area contributed by atoms with Gasteiger partial charge in [-0.05, 0) is 46.4 Å². The summed E-state index contributed by atoms with van der Waals surface area (Å²) in [4.78, 5) is 21.4. The van der Waals surface area contributed by atoms with Gasteiger partial charge in [-0.15, -0.1) is 19.6 Å². The van der Waals surface area contributed by atoms with Crippen molar-refractivity contribution in [3.05, 3.63) is 84.7 Å². The van der Waals surface area contributed by atoms with Crippen molar-refractivity contribution >= 4 is 65.6 Å². The van der Waals surface area contributed by atoms with E-state index in [1.807, 2.05) is 0 Å². The third kappa shape index (κ3) is 6.29. The molecule has 7 N–H and O–H groups in total. The molecule has 2 heterocycles.